The number of hydrogen-bond donors (Lipinski definition) is 4. The van der Waals surface area contributed by atoms with Crippen molar-refractivity contribution in [3.05, 3.63) is 35.9 Å². The summed E-state index contributed by atoms with van der Waals surface area (Å²) < 4.78 is 0. The number of amides is 1. The van der Waals surface area contributed by atoms with Gasteiger partial charge >= 0.3 is 5.97 Å². The van der Waals surface area contributed by atoms with Gasteiger partial charge in [-0.15, -0.1) is 0 Å². The summed E-state index contributed by atoms with van der Waals surface area (Å²) in [6, 6.07) is 7.25. The summed E-state index contributed by atoms with van der Waals surface area (Å²) in [5, 5.41) is 30.7. The lowest BCUT2D eigenvalue weighted by atomic mass is 9.95. The molecule has 6 heteroatoms. The monoisotopic (exact) mass is 281 g/mol. The Hall–Kier alpha value is -1.92. The molecule has 0 aliphatic rings. The van der Waals surface area contributed by atoms with Gasteiger partial charge in [0.1, 0.15) is 6.10 Å². The van der Waals surface area contributed by atoms with Crippen LogP contribution in [0.25, 0.3) is 0 Å². The summed E-state index contributed by atoms with van der Waals surface area (Å²) in [7, 11) is 0. The van der Waals surface area contributed by atoms with Gasteiger partial charge in [0.15, 0.2) is 6.04 Å². The van der Waals surface area contributed by atoms with Gasteiger partial charge < -0.3 is 20.6 Å². The number of aliphatic hydroxyl groups is 2. The lowest BCUT2D eigenvalue weighted by molar-refractivity contribution is -0.151. The molecular weight excluding hydrogens is 262 g/mol. The van der Waals surface area contributed by atoms with Gasteiger partial charge in [0, 0.05) is 0 Å². The minimum absolute atomic E-state index is 0.00317. The Bertz CT molecular complexity index is 466. The molecule has 20 heavy (non-hydrogen) atoms. The maximum absolute atomic E-state index is 11.8. The number of carboxylic acids is 1. The van der Waals surface area contributed by atoms with E-state index in [2.05, 4.69) is 5.32 Å². The highest BCUT2D eigenvalue weighted by Gasteiger charge is 2.37. The van der Waals surface area contributed by atoms with Crippen LogP contribution in [0, 0.1) is 0 Å². The van der Waals surface area contributed by atoms with Crippen LogP contribution in [-0.2, 0) is 16.0 Å². The molecule has 0 aliphatic carbocycles. The molecule has 4 N–H and O–H groups in total. The molecule has 0 spiro atoms. The Morgan fingerprint density at radius 1 is 1.25 bits per heavy atom. The minimum atomic E-state index is -1.64. The van der Waals surface area contributed by atoms with Crippen LogP contribution in [0.15, 0.2) is 30.3 Å². The lowest BCUT2D eigenvalue weighted by Crippen LogP contribution is -2.56. The topological polar surface area (TPSA) is 107 Å². The number of nitrogens with one attached hydrogen (secondary N) is 1. The standard InChI is InChI=1S/C14H19NO5/c1-14(2,20)12(17)11(13(18)19)15-10(16)8-9-6-4-3-5-7-9/h3-7,11-12,17,20H,8H2,1-2H3,(H,15,16)(H,18,19)/t11-,12?/m0/s1. The zero-order valence-corrected chi connectivity index (χ0v) is 11.4. The van der Waals surface area contributed by atoms with Gasteiger partial charge in [-0.25, -0.2) is 4.79 Å². The van der Waals surface area contributed by atoms with Crippen LogP contribution in [0.3, 0.4) is 0 Å². The largest absolute Gasteiger partial charge is 0.480 e. The third kappa shape index (κ3) is 4.64. The molecule has 1 rings (SSSR count). The highest BCUT2D eigenvalue weighted by Crippen LogP contribution is 2.13. The highest BCUT2D eigenvalue weighted by atomic mass is 16.4. The van der Waals surface area contributed by atoms with E-state index in [0.717, 1.165) is 5.56 Å². The van der Waals surface area contributed by atoms with Gasteiger partial charge in [-0.3, -0.25) is 4.79 Å². The first-order valence-corrected chi connectivity index (χ1v) is 6.18. The van der Waals surface area contributed by atoms with Crippen LogP contribution >= 0.6 is 0 Å². The normalized spacial score (nSPS) is 14.4. The Morgan fingerprint density at radius 3 is 2.25 bits per heavy atom. The van der Waals surface area contributed by atoms with Crippen LogP contribution in [0.4, 0.5) is 0 Å². The smallest absolute Gasteiger partial charge is 0.329 e. The SMILES string of the molecule is CC(C)(O)C(O)[C@H](NC(=O)Cc1ccccc1)C(=O)O. The summed E-state index contributed by atoms with van der Waals surface area (Å²) >= 11 is 0. The fraction of sp³-hybridized carbons (Fsp3) is 0.429. The average molecular weight is 281 g/mol. The molecule has 2 atom stereocenters. The molecule has 6 nitrogen and oxygen atoms in total. The number of carbonyl (C=O) groups is 2. The predicted molar refractivity (Wildman–Crippen MR) is 72.0 cm³/mol. The summed E-state index contributed by atoms with van der Waals surface area (Å²) in [6.07, 6.45) is -1.61. The summed E-state index contributed by atoms with van der Waals surface area (Å²) in [5.41, 5.74) is -0.907. The molecule has 0 aromatic heterocycles. The summed E-state index contributed by atoms with van der Waals surface area (Å²) in [6.45, 7) is 2.55. The molecule has 0 radical (unpaired) electrons. The van der Waals surface area contributed by atoms with E-state index in [1.807, 2.05) is 0 Å². The van der Waals surface area contributed by atoms with Gasteiger partial charge in [-0.2, -0.15) is 0 Å². The molecule has 0 heterocycles. The number of carbonyl (C=O) groups excluding carboxylic acids is 1. The molecule has 0 fully saturated rings. The summed E-state index contributed by atoms with van der Waals surface area (Å²) in [5.74, 6) is -1.94. The minimum Gasteiger partial charge on any atom is -0.480 e. The van der Waals surface area contributed by atoms with Gasteiger partial charge in [-0.05, 0) is 19.4 Å². The van der Waals surface area contributed by atoms with Crippen molar-refractivity contribution in [1.29, 1.82) is 0 Å². The van der Waals surface area contributed by atoms with Crippen molar-refractivity contribution in [2.75, 3.05) is 0 Å². The lowest BCUT2D eigenvalue weighted by Gasteiger charge is -2.29. The van der Waals surface area contributed by atoms with Gasteiger partial charge in [0.05, 0.1) is 12.0 Å². The van der Waals surface area contributed by atoms with Gasteiger partial charge in [-0.1, -0.05) is 30.3 Å². The van der Waals surface area contributed by atoms with Crippen molar-refractivity contribution in [1.82, 2.24) is 5.32 Å². The van der Waals surface area contributed by atoms with E-state index < -0.39 is 29.6 Å². The molecule has 0 saturated heterocycles. The first-order valence-electron chi connectivity index (χ1n) is 6.18. The van der Waals surface area contributed by atoms with E-state index in [1.54, 1.807) is 30.3 Å². The quantitative estimate of drug-likeness (QED) is 0.584. The molecule has 110 valence electrons. The predicted octanol–water partition coefficient (Wildman–Crippen LogP) is -0.0697. The molecule has 0 saturated carbocycles. The van der Waals surface area contributed by atoms with Crippen LogP contribution in [0.2, 0.25) is 0 Å². The van der Waals surface area contributed by atoms with E-state index in [9.17, 15) is 19.8 Å². The highest BCUT2D eigenvalue weighted by molar-refractivity contribution is 5.85. The zero-order chi connectivity index (χ0) is 15.3. The maximum Gasteiger partial charge on any atom is 0.329 e. The van der Waals surface area contributed by atoms with Crippen LogP contribution in [-0.4, -0.2) is 44.9 Å². The Morgan fingerprint density at radius 2 is 1.80 bits per heavy atom. The number of carboxylic acid groups (broad SMARTS) is 1. The van der Waals surface area contributed by atoms with Crippen molar-refractivity contribution in [3.8, 4) is 0 Å². The van der Waals surface area contributed by atoms with E-state index in [0.29, 0.717) is 0 Å². The molecule has 1 amide bonds. The Kier molecular flexibility index (Phi) is 5.24. The van der Waals surface area contributed by atoms with Gasteiger partial charge in [0.25, 0.3) is 0 Å². The number of aliphatic hydroxyl groups excluding tert-OH is 1. The average Bonchev–Trinajstić information content (AvgIpc) is 2.35. The molecule has 1 aromatic carbocycles. The first kappa shape index (κ1) is 16.1. The van der Waals surface area contributed by atoms with E-state index in [4.69, 9.17) is 5.11 Å². The van der Waals surface area contributed by atoms with Crippen molar-refractivity contribution >= 4 is 11.9 Å². The number of hydrogen-bond acceptors (Lipinski definition) is 4. The zero-order valence-electron chi connectivity index (χ0n) is 11.4. The van der Waals surface area contributed by atoms with Crippen LogP contribution in [0.5, 0.6) is 0 Å². The summed E-state index contributed by atoms with van der Waals surface area (Å²) in [4.78, 5) is 22.9. The Labute approximate surface area is 117 Å². The van der Waals surface area contributed by atoms with Crippen LogP contribution in [0.1, 0.15) is 19.4 Å². The molecule has 1 aromatic rings. The first-order chi connectivity index (χ1) is 9.21. The van der Waals surface area contributed by atoms with Crippen LogP contribution < -0.4 is 5.32 Å². The second-order valence-corrected chi connectivity index (χ2v) is 5.14. The molecule has 0 aliphatic heterocycles. The fourth-order valence-corrected chi connectivity index (χ4v) is 1.69. The molecular formula is C14H19NO5. The fourth-order valence-electron chi connectivity index (χ4n) is 1.69. The third-order valence-corrected chi connectivity index (χ3v) is 2.83. The molecule has 1 unspecified atom stereocenters. The number of rotatable bonds is 6. The maximum atomic E-state index is 11.8. The molecule has 0 bridgehead atoms. The number of aliphatic carboxylic acids is 1. The van der Waals surface area contributed by atoms with Crippen molar-refractivity contribution in [2.24, 2.45) is 0 Å². The van der Waals surface area contributed by atoms with Crippen molar-refractivity contribution in [2.45, 2.75) is 38.0 Å². The van der Waals surface area contributed by atoms with E-state index >= 15 is 0 Å². The van der Waals surface area contributed by atoms with Crippen molar-refractivity contribution in [3.63, 3.8) is 0 Å². The third-order valence-electron chi connectivity index (χ3n) is 2.83. The second kappa shape index (κ2) is 6.49. The van der Waals surface area contributed by atoms with Crippen molar-refractivity contribution < 1.29 is 24.9 Å². The van der Waals surface area contributed by atoms with E-state index in [-0.39, 0.29) is 6.42 Å². The van der Waals surface area contributed by atoms with Gasteiger partial charge in [0.2, 0.25) is 5.91 Å². The second-order valence-electron chi connectivity index (χ2n) is 5.14. The number of benzene rings is 1. The Balaban J connectivity index is 2.72. The van der Waals surface area contributed by atoms with E-state index in [1.165, 1.54) is 13.8 Å².